The number of pyridine rings is 3. The van der Waals surface area contributed by atoms with Gasteiger partial charge in [-0.15, -0.1) is 0 Å². The highest BCUT2D eigenvalue weighted by Gasteiger charge is 2.32. The van der Waals surface area contributed by atoms with Gasteiger partial charge in [-0.25, -0.2) is 4.52 Å². The third-order valence-electron chi connectivity index (χ3n) is 6.21. The summed E-state index contributed by atoms with van der Waals surface area (Å²) < 4.78 is 39.8. The molecule has 5 rings (SSSR count). The monoisotopic (exact) mass is 508 g/mol. The number of carbonyl (C=O) groups excluding carboxylic acids is 2. The highest BCUT2D eigenvalue weighted by molar-refractivity contribution is 6.01. The van der Waals surface area contributed by atoms with Crippen LogP contribution in [0.25, 0.3) is 16.8 Å². The summed E-state index contributed by atoms with van der Waals surface area (Å²) in [5.41, 5.74) is 2.31. The summed E-state index contributed by atoms with van der Waals surface area (Å²) in [7, 11) is 0. The molecule has 0 unspecified atom stereocenters. The van der Waals surface area contributed by atoms with Gasteiger partial charge in [0.05, 0.1) is 41.3 Å². The van der Waals surface area contributed by atoms with Crippen molar-refractivity contribution < 1.29 is 22.8 Å². The van der Waals surface area contributed by atoms with Crippen LogP contribution in [0, 0.1) is 0 Å². The Kier molecular flexibility index (Phi) is 6.60. The van der Waals surface area contributed by atoms with Gasteiger partial charge in [-0.05, 0) is 49.1 Å². The van der Waals surface area contributed by atoms with E-state index >= 15 is 0 Å². The van der Waals surface area contributed by atoms with Crippen molar-refractivity contribution in [3.63, 3.8) is 0 Å². The van der Waals surface area contributed by atoms with Crippen molar-refractivity contribution in [2.24, 2.45) is 0 Å². The minimum absolute atomic E-state index is 0.0382. The number of amides is 2. The summed E-state index contributed by atoms with van der Waals surface area (Å²) in [6, 6.07) is 9.31. The highest BCUT2D eigenvalue weighted by Crippen LogP contribution is 2.28. The van der Waals surface area contributed by atoms with E-state index in [1.807, 2.05) is 23.1 Å². The molecule has 190 valence electrons. The lowest BCUT2D eigenvalue weighted by Crippen LogP contribution is -2.35. The predicted molar refractivity (Wildman–Crippen MR) is 130 cm³/mol. The number of halogens is 3. The van der Waals surface area contributed by atoms with Crippen LogP contribution in [0.2, 0.25) is 0 Å². The van der Waals surface area contributed by atoms with Crippen LogP contribution < -0.4 is 5.32 Å². The van der Waals surface area contributed by atoms with E-state index in [2.05, 4.69) is 20.4 Å². The summed E-state index contributed by atoms with van der Waals surface area (Å²) in [5, 5.41) is 7.17. The second-order valence-corrected chi connectivity index (χ2v) is 8.86. The van der Waals surface area contributed by atoms with Crippen LogP contribution in [0.5, 0.6) is 0 Å². The van der Waals surface area contributed by atoms with Crippen LogP contribution in [0.3, 0.4) is 0 Å². The molecule has 1 N–H and O–H groups in total. The zero-order valence-corrected chi connectivity index (χ0v) is 19.7. The molecule has 0 aromatic carbocycles. The molecule has 1 aliphatic heterocycles. The van der Waals surface area contributed by atoms with Gasteiger partial charge < -0.3 is 10.2 Å². The molecule has 11 heteroatoms. The Hall–Kier alpha value is -4.28. The molecule has 1 saturated heterocycles. The number of hydrogen-bond acceptors (Lipinski definition) is 5. The summed E-state index contributed by atoms with van der Waals surface area (Å²) in [6.45, 7) is 1.48. The van der Waals surface area contributed by atoms with Crippen LogP contribution in [-0.2, 0) is 17.4 Å². The van der Waals surface area contributed by atoms with Crippen molar-refractivity contribution >= 4 is 23.0 Å². The Morgan fingerprint density at radius 2 is 1.78 bits per heavy atom. The Morgan fingerprint density at radius 1 is 0.973 bits per heavy atom. The molecule has 0 saturated carbocycles. The lowest BCUT2D eigenvalue weighted by atomic mass is 10.1. The first kappa shape index (κ1) is 24.4. The number of nitrogens with zero attached hydrogens (tertiary/aromatic N) is 5. The van der Waals surface area contributed by atoms with Crippen molar-refractivity contribution in [2.45, 2.75) is 31.9 Å². The maximum Gasteiger partial charge on any atom is 0.433 e. The molecule has 8 nitrogen and oxygen atoms in total. The first-order chi connectivity index (χ1) is 17.8. The standard InChI is InChI=1S/C26H23F3N6O2/c27-26(28,29)23-8-7-17(13-31-23)11-24(36)33-19-12-18(14-30-15-19)21-5-4-6-22-20(16-32-35(21)22)25(37)34-9-2-1-3-10-34/h4-8,12-16H,1-3,9-11H2,(H,33,36). The van der Waals surface area contributed by atoms with E-state index in [1.165, 1.54) is 12.3 Å². The number of aromatic nitrogens is 4. The second-order valence-electron chi connectivity index (χ2n) is 8.86. The second kappa shape index (κ2) is 10.00. The number of hydrogen-bond donors (Lipinski definition) is 1. The number of likely N-dealkylation sites (tertiary alicyclic amines) is 1. The van der Waals surface area contributed by atoms with Gasteiger partial charge in [0.1, 0.15) is 5.69 Å². The van der Waals surface area contributed by atoms with Crippen molar-refractivity contribution in [2.75, 3.05) is 18.4 Å². The Bertz CT molecular complexity index is 1440. The largest absolute Gasteiger partial charge is 0.433 e. The lowest BCUT2D eigenvalue weighted by Gasteiger charge is -2.26. The SMILES string of the molecule is O=C(Cc1ccc(C(F)(F)F)nc1)Nc1cncc(-c2cccc3c(C(=O)N4CCCCC4)cnn23)c1. The van der Waals surface area contributed by atoms with Gasteiger partial charge in [0.2, 0.25) is 5.91 Å². The maximum atomic E-state index is 13.1. The quantitative estimate of drug-likeness (QED) is 0.425. The summed E-state index contributed by atoms with van der Waals surface area (Å²) in [4.78, 5) is 35.0. The molecule has 37 heavy (non-hydrogen) atoms. The van der Waals surface area contributed by atoms with E-state index < -0.39 is 17.8 Å². The van der Waals surface area contributed by atoms with E-state index in [0.717, 1.165) is 44.6 Å². The average molecular weight is 509 g/mol. The molecule has 4 aromatic rings. The van der Waals surface area contributed by atoms with Gasteiger partial charge in [0.25, 0.3) is 5.91 Å². The molecule has 0 aliphatic carbocycles. The number of fused-ring (bicyclic) bond motifs is 1. The third-order valence-corrected chi connectivity index (χ3v) is 6.21. The van der Waals surface area contributed by atoms with Gasteiger partial charge in [-0.1, -0.05) is 12.1 Å². The maximum absolute atomic E-state index is 13.1. The van der Waals surface area contributed by atoms with E-state index in [1.54, 1.807) is 23.0 Å². The van der Waals surface area contributed by atoms with Crippen LogP contribution in [0.1, 0.15) is 40.9 Å². The van der Waals surface area contributed by atoms with Crippen LogP contribution >= 0.6 is 0 Å². The molecule has 5 heterocycles. The first-order valence-corrected chi connectivity index (χ1v) is 11.8. The number of alkyl halides is 3. The Labute approximate surface area is 210 Å². The molecule has 0 bridgehead atoms. The fourth-order valence-corrected chi connectivity index (χ4v) is 4.40. The Balaban J connectivity index is 1.33. The van der Waals surface area contributed by atoms with E-state index in [0.29, 0.717) is 33.6 Å². The summed E-state index contributed by atoms with van der Waals surface area (Å²) in [5.74, 6) is -0.462. The van der Waals surface area contributed by atoms with Crippen molar-refractivity contribution in [1.29, 1.82) is 0 Å². The highest BCUT2D eigenvalue weighted by atomic mass is 19.4. The van der Waals surface area contributed by atoms with Crippen molar-refractivity contribution in [3.8, 4) is 11.3 Å². The number of piperidine rings is 1. The molecule has 1 fully saturated rings. The smallest absolute Gasteiger partial charge is 0.339 e. The fourth-order valence-electron chi connectivity index (χ4n) is 4.40. The van der Waals surface area contributed by atoms with E-state index in [-0.39, 0.29) is 12.3 Å². The molecule has 1 aliphatic rings. The summed E-state index contributed by atoms with van der Waals surface area (Å²) in [6.07, 6.45) is 4.15. The Morgan fingerprint density at radius 3 is 2.51 bits per heavy atom. The van der Waals surface area contributed by atoms with Crippen molar-refractivity contribution in [3.05, 3.63) is 78.0 Å². The molecule has 4 aromatic heterocycles. The first-order valence-electron chi connectivity index (χ1n) is 11.8. The zero-order chi connectivity index (χ0) is 26.0. The number of rotatable bonds is 5. The minimum atomic E-state index is -4.54. The lowest BCUT2D eigenvalue weighted by molar-refractivity contribution is -0.141. The summed E-state index contributed by atoms with van der Waals surface area (Å²) >= 11 is 0. The minimum Gasteiger partial charge on any atom is -0.339 e. The molecular weight excluding hydrogens is 485 g/mol. The van der Waals surface area contributed by atoms with Gasteiger partial charge >= 0.3 is 6.18 Å². The molecule has 0 radical (unpaired) electrons. The van der Waals surface area contributed by atoms with Crippen molar-refractivity contribution in [1.82, 2.24) is 24.5 Å². The number of anilines is 1. The van der Waals surface area contributed by atoms with Gasteiger partial charge in [-0.2, -0.15) is 18.3 Å². The molecule has 0 atom stereocenters. The fraction of sp³-hybridized carbons (Fsp3) is 0.269. The molecule has 2 amide bonds. The van der Waals surface area contributed by atoms with E-state index in [9.17, 15) is 22.8 Å². The molecule has 0 spiro atoms. The molecular formula is C26H23F3N6O2. The van der Waals surface area contributed by atoms with Gasteiger partial charge in [0.15, 0.2) is 0 Å². The predicted octanol–water partition coefficient (Wildman–Crippen LogP) is 4.62. The zero-order valence-electron chi connectivity index (χ0n) is 19.7. The number of carbonyl (C=O) groups is 2. The van der Waals surface area contributed by atoms with Crippen LogP contribution in [0.15, 0.2) is 61.2 Å². The number of nitrogens with one attached hydrogen (secondary N) is 1. The average Bonchev–Trinajstić information content (AvgIpc) is 3.33. The topological polar surface area (TPSA) is 92.5 Å². The normalized spacial score (nSPS) is 14.1. The third kappa shape index (κ3) is 5.30. The van der Waals surface area contributed by atoms with E-state index in [4.69, 9.17) is 0 Å². The van der Waals surface area contributed by atoms with Crippen LogP contribution in [-0.4, -0.2) is 49.4 Å². The van der Waals surface area contributed by atoms with Gasteiger partial charge in [0, 0.05) is 31.0 Å². The van der Waals surface area contributed by atoms with Gasteiger partial charge in [-0.3, -0.25) is 19.6 Å². The van der Waals surface area contributed by atoms with Crippen LogP contribution in [0.4, 0.5) is 18.9 Å².